The Labute approximate surface area is 172 Å². The van der Waals surface area contributed by atoms with E-state index in [0.29, 0.717) is 18.8 Å². The number of carbonyl (C=O) groups excluding carboxylic acids is 1. The molecule has 8 heteroatoms. The summed E-state index contributed by atoms with van der Waals surface area (Å²) in [5.74, 6) is 0.0198. The molecule has 2 aliphatic rings. The summed E-state index contributed by atoms with van der Waals surface area (Å²) in [5, 5.41) is 8.83. The standard InChI is InChI=1S/C21H32N6O2/c1-15-16(2)23-25(4)19(15)21(28)27-10-11-29-18(14-26-8-6-5-7-9-26)20(27)17-12-22-24(3)13-17/h12-13,18,20H,5-11,14H2,1-4H3/t18-,20-/m0/s1. The van der Waals surface area contributed by atoms with E-state index in [4.69, 9.17) is 4.74 Å². The Hall–Kier alpha value is -2.19. The number of likely N-dealkylation sites (tertiary alicyclic amines) is 1. The Kier molecular flexibility index (Phi) is 5.74. The van der Waals surface area contributed by atoms with Gasteiger partial charge in [0.1, 0.15) is 5.69 Å². The number of morpholine rings is 1. The van der Waals surface area contributed by atoms with Crippen molar-refractivity contribution in [3.8, 4) is 0 Å². The highest BCUT2D eigenvalue weighted by molar-refractivity contribution is 5.94. The van der Waals surface area contributed by atoms with Crippen molar-refractivity contribution >= 4 is 5.91 Å². The van der Waals surface area contributed by atoms with E-state index in [1.807, 2.05) is 45.2 Å². The summed E-state index contributed by atoms with van der Waals surface area (Å²) in [6, 6.07) is -0.151. The maximum Gasteiger partial charge on any atom is 0.273 e. The van der Waals surface area contributed by atoms with Crippen molar-refractivity contribution in [3.05, 3.63) is 34.9 Å². The minimum Gasteiger partial charge on any atom is -0.373 e. The second kappa shape index (κ2) is 8.28. The van der Waals surface area contributed by atoms with Crippen LogP contribution in [0.1, 0.15) is 52.6 Å². The lowest BCUT2D eigenvalue weighted by Crippen LogP contribution is -2.52. The maximum atomic E-state index is 13.7. The minimum atomic E-state index is -0.151. The van der Waals surface area contributed by atoms with Crippen LogP contribution in [0, 0.1) is 13.8 Å². The van der Waals surface area contributed by atoms with Crippen LogP contribution in [0.2, 0.25) is 0 Å². The van der Waals surface area contributed by atoms with E-state index in [2.05, 4.69) is 15.1 Å². The Bertz CT molecular complexity index is 867. The van der Waals surface area contributed by atoms with Crippen LogP contribution in [0.25, 0.3) is 0 Å². The van der Waals surface area contributed by atoms with Crippen LogP contribution >= 0.6 is 0 Å². The summed E-state index contributed by atoms with van der Waals surface area (Å²) in [4.78, 5) is 18.1. The van der Waals surface area contributed by atoms with Crippen molar-refractivity contribution in [2.45, 2.75) is 45.3 Å². The molecule has 0 bridgehead atoms. The molecular formula is C21H32N6O2. The average molecular weight is 401 g/mol. The zero-order valence-electron chi connectivity index (χ0n) is 18.0. The van der Waals surface area contributed by atoms with Gasteiger partial charge in [-0.3, -0.25) is 14.2 Å². The fraction of sp³-hybridized carbons (Fsp3) is 0.667. The topological polar surface area (TPSA) is 68.4 Å². The fourth-order valence-corrected chi connectivity index (χ4v) is 4.70. The van der Waals surface area contributed by atoms with Crippen molar-refractivity contribution in [1.82, 2.24) is 29.4 Å². The second-order valence-electron chi connectivity index (χ2n) is 8.34. The van der Waals surface area contributed by atoms with Crippen LogP contribution in [0.4, 0.5) is 0 Å². The molecule has 2 aromatic heterocycles. The normalized spacial score (nSPS) is 23.5. The van der Waals surface area contributed by atoms with Gasteiger partial charge in [-0.25, -0.2) is 0 Å². The molecule has 8 nitrogen and oxygen atoms in total. The van der Waals surface area contributed by atoms with E-state index >= 15 is 0 Å². The number of aryl methyl sites for hydroxylation is 3. The first kappa shape index (κ1) is 20.1. The first-order valence-electron chi connectivity index (χ1n) is 10.6. The molecule has 2 aliphatic heterocycles. The van der Waals surface area contributed by atoms with Crippen LogP contribution in [0.3, 0.4) is 0 Å². The van der Waals surface area contributed by atoms with Gasteiger partial charge in [-0.2, -0.15) is 10.2 Å². The van der Waals surface area contributed by atoms with Gasteiger partial charge in [-0.1, -0.05) is 6.42 Å². The highest BCUT2D eigenvalue weighted by Crippen LogP contribution is 2.32. The molecule has 2 atom stereocenters. The van der Waals surface area contributed by atoms with Crippen LogP contribution in [-0.4, -0.2) is 74.2 Å². The summed E-state index contributed by atoms with van der Waals surface area (Å²) in [7, 11) is 3.76. The fourth-order valence-electron chi connectivity index (χ4n) is 4.70. The van der Waals surface area contributed by atoms with Crippen LogP contribution in [0.5, 0.6) is 0 Å². The van der Waals surface area contributed by atoms with Gasteiger partial charge in [0.25, 0.3) is 5.91 Å². The summed E-state index contributed by atoms with van der Waals surface area (Å²) >= 11 is 0. The molecule has 0 aromatic carbocycles. The van der Waals surface area contributed by atoms with Gasteiger partial charge < -0.3 is 14.5 Å². The average Bonchev–Trinajstić information content (AvgIpc) is 3.24. The van der Waals surface area contributed by atoms with Crippen LogP contribution < -0.4 is 0 Å². The maximum absolute atomic E-state index is 13.7. The number of ether oxygens (including phenoxy) is 1. The van der Waals surface area contributed by atoms with Crippen molar-refractivity contribution in [3.63, 3.8) is 0 Å². The molecule has 0 saturated carbocycles. The number of aromatic nitrogens is 4. The Morgan fingerprint density at radius 2 is 1.93 bits per heavy atom. The lowest BCUT2D eigenvalue weighted by molar-refractivity contribution is -0.0744. The van der Waals surface area contributed by atoms with Gasteiger partial charge in [0, 0.05) is 44.5 Å². The summed E-state index contributed by atoms with van der Waals surface area (Å²) in [6.07, 6.45) is 7.58. The van der Waals surface area contributed by atoms with E-state index < -0.39 is 0 Å². The number of rotatable bonds is 4. The number of hydrogen-bond donors (Lipinski definition) is 0. The number of carbonyl (C=O) groups is 1. The van der Waals surface area contributed by atoms with E-state index in [9.17, 15) is 4.79 Å². The second-order valence-corrected chi connectivity index (χ2v) is 8.34. The van der Waals surface area contributed by atoms with Crippen molar-refractivity contribution in [1.29, 1.82) is 0 Å². The molecule has 0 radical (unpaired) electrons. The van der Waals surface area contributed by atoms with Crippen LogP contribution in [-0.2, 0) is 18.8 Å². The predicted octanol–water partition coefficient (Wildman–Crippen LogP) is 1.84. The van der Waals surface area contributed by atoms with E-state index in [1.54, 1.807) is 9.36 Å². The number of amides is 1. The lowest BCUT2D eigenvalue weighted by Gasteiger charge is -2.43. The first-order valence-corrected chi connectivity index (χ1v) is 10.6. The summed E-state index contributed by atoms with van der Waals surface area (Å²) in [5.41, 5.74) is 3.53. The molecule has 1 amide bonds. The predicted molar refractivity (Wildman–Crippen MR) is 110 cm³/mol. The van der Waals surface area contributed by atoms with Gasteiger partial charge in [0.2, 0.25) is 0 Å². The quantitative estimate of drug-likeness (QED) is 0.783. The van der Waals surface area contributed by atoms with Crippen molar-refractivity contribution < 1.29 is 9.53 Å². The van der Waals surface area contributed by atoms with Crippen LogP contribution in [0.15, 0.2) is 12.4 Å². The van der Waals surface area contributed by atoms with Gasteiger partial charge in [-0.15, -0.1) is 0 Å². The first-order chi connectivity index (χ1) is 14.0. The monoisotopic (exact) mass is 400 g/mol. The third-order valence-corrected chi connectivity index (χ3v) is 6.29. The molecule has 0 unspecified atom stereocenters. The smallest absolute Gasteiger partial charge is 0.273 e. The molecule has 2 aromatic rings. The van der Waals surface area contributed by atoms with E-state index in [0.717, 1.165) is 36.5 Å². The summed E-state index contributed by atoms with van der Waals surface area (Å²) in [6.45, 7) is 8.09. The molecular weight excluding hydrogens is 368 g/mol. The molecule has 4 heterocycles. The Balaban J connectivity index is 1.66. The van der Waals surface area contributed by atoms with Gasteiger partial charge in [-0.05, 0) is 39.8 Å². The molecule has 0 aliphatic carbocycles. The third-order valence-electron chi connectivity index (χ3n) is 6.29. The third kappa shape index (κ3) is 3.96. The molecule has 0 spiro atoms. The van der Waals surface area contributed by atoms with Crippen molar-refractivity contribution in [2.75, 3.05) is 32.8 Å². The van der Waals surface area contributed by atoms with Gasteiger partial charge >= 0.3 is 0 Å². The minimum absolute atomic E-state index is 0.0198. The van der Waals surface area contributed by atoms with Gasteiger partial charge in [0.05, 0.1) is 30.6 Å². The number of hydrogen-bond acceptors (Lipinski definition) is 5. The molecule has 2 fully saturated rings. The van der Waals surface area contributed by atoms with Crippen molar-refractivity contribution in [2.24, 2.45) is 14.1 Å². The largest absolute Gasteiger partial charge is 0.373 e. The van der Waals surface area contributed by atoms with E-state index in [1.165, 1.54) is 19.3 Å². The molecule has 158 valence electrons. The molecule has 4 rings (SSSR count). The highest BCUT2D eigenvalue weighted by atomic mass is 16.5. The molecule has 29 heavy (non-hydrogen) atoms. The Morgan fingerprint density at radius 1 is 1.17 bits per heavy atom. The SMILES string of the molecule is Cc1nn(C)c(C(=O)N2CCO[C@@H](CN3CCCCC3)[C@@H]2c2cnn(C)c2)c1C. The number of nitrogens with zero attached hydrogens (tertiary/aromatic N) is 6. The van der Waals surface area contributed by atoms with E-state index in [-0.39, 0.29) is 18.1 Å². The zero-order valence-corrected chi connectivity index (χ0v) is 18.0. The Morgan fingerprint density at radius 3 is 2.55 bits per heavy atom. The number of piperidine rings is 1. The summed E-state index contributed by atoms with van der Waals surface area (Å²) < 4.78 is 9.75. The lowest BCUT2D eigenvalue weighted by atomic mass is 9.98. The zero-order chi connectivity index (χ0) is 20.5. The highest BCUT2D eigenvalue weighted by Gasteiger charge is 2.39. The van der Waals surface area contributed by atoms with Gasteiger partial charge in [0.15, 0.2) is 0 Å². The molecule has 2 saturated heterocycles. The molecule has 0 N–H and O–H groups in total.